The van der Waals surface area contributed by atoms with Crippen molar-refractivity contribution in [1.82, 2.24) is 0 Å². The van der Waals surface area contributed by atoms with Crippen molar-refractivity contribution in [3.63, 3.8) is 0 Å². The van der Waals surface area contributed by atoms with Crippen LogP contribution in [-0.4, -0.2) is 12.7 Å². The van der Waals surface area contributed by atoms with E-state index in [1.807, 2.05) is 0 Å². The van der Waals surface area contributed by atoms with Gasteiger partial charge in [-0.25, -0.2) is 0 Å². The first-order chi connectivity index (χ1) is 5.24. The van der Waals surface area contributed by atoms with Gasteiger partial charge in [0.05, 0.1) is 6.10 Å². The predicted octanol–water partition coefficient (Wildman–Crippen LogP) is 2.85. The standard InChI is InChI=1S/C10H20O/c1-4-11-10-7-8(2)5-6-9(10)3/h8-10H,4-7H2,1-3H3. The monoisotopic (exact) mass is 156 g/mol. The smallest absolute Gasteiger partial charge is 0.0603 e. The molecular formula is C10H20O. The normalized spacial score (nSPS) is 39.0. The molecule has 0 spiro atoms. The van der Waals surface area contributed by atoms with Gasteiger partial charge in [0.2, 0.25) is 0 Å². The highest BCUT2D eigenvalue weighted by Crippen LogP contribution is 2.30. The highest BCUT2D eigenvalue weighted by molar-refractivity contribution is 4.76. The van der Waals surface area contributed by atoms with Gasteiger partial charge in [-0.1, -0.05) is 20.3 Å². The first-order valence-corrected chi connectivity index (χ1v) is 4.85. The Balaban J connectivity index is 2.34. The molecule has 1 aliphatic carbocycles. The minimum absolute atomic E-state index is 0.545. The molecule has 11 heavy (non-hydrogen) atoms. The van der Waals surface area contributed by atoms with Gasteiger partial charge < -0.3 is 4.74 Å². The molecule has 1 fully saturated rings. The van der Waals surface area contributed by atoms with Gasteiger partial charge in [0.25, 0.3) is 0 Å². The Kier molecular flexibility index (Phi) is 3.38. The van der Waals surface area contributed by atoms with Crippen molar-refractivity contribution in [2.75, 3.05) is 6.61 Å². The van der Waals surface area contributed by atoms with Gasteiger partial charge in [-0.2, -0.15) is 0 Å². The zero-order chi connectivity index (χ0) is 8.27. The van der Waals surface area contributed by atoms with Gasteiger partial charge in [0.1, 0.15) is 0 Å². The fourth-order valence-corrected chi connectivity index (χ4v) is 1.93. The third-order valence-electron chi connectivity index (χ3n) is 2.76. The van der Waals surface area contributed by atoms with E-state index in [9.17, 15) is 0 Å². The molecule has 0 saturated heterocycles. The predicted molar refractivity (Wildman–Crippen MR) is 47.6 cm³/mol. The van der Waals surface area contributed by atoms with Crippen molar-refractivity contribution >= 4 is 0 Å². The summed E-state index contributed by atoms with van der Waals surface area (Å²) >= 11 is 0. The van der Waals surface area contributed by atoms with Crippen molar-refractivity contribution in [1.29, 1.82) is 0 Å². The number of hydrogen-bond acceptors (Lipinski definition) is 1. The molecule has 0 aliphatic heterocycles. The van der Waals surface area contributed by atoms with Gasteiger partial charge in [0.15, 0.2) is 0 Å². The summed E-state index contributed by atoms with van der Waals surface area (Å²) in [7, 11) is 0. The third kappa shape index (κ3) is 2.48. The Morgan fingerprint density at radius 1 is 1.27 bits per heavy atom. The largest absolute Gasteiger partial charge is 0.378 e. The molecule has 0 N–H and O–H groups in total. The minimum Gasteiger partial charge on any atom is -0.378 e. The summed E-state index contributed by atoms with van der Waals surface area (Å²) < 4.78 is 5.67. The Morgan fingerprint density at radius 2 is 2.00 bits per heavy atom. The van der Waals surface area contributed by atoms with Crippen LogP contribution in [0.1, 0.15) is 40.0 Å². The van der Waals surface area contributed by atoms with Crippen molar-refractivity contribution in [2.45, 2.75) is 46.1 Å². The minimum atomic E-state index is 0.545. The molecule has 0 heterocycles. The van der Waals surface area contributed by atoms with E-state index in [0.29, 0.717) is 6.10 Å². The highest BCUT2D eigenvalue weighted by atomic mass is 16.5. The zero-order valence-corrected chi connectivity index (χ0v) is 7.97. The molecule has 0 aromatic heterocycles. The molecular weight excluding hydrogens is 136 g/mol. The molecule has 1 heteroatoms. The van der Waals surface area contributed by atoms with E-state index in [4.69, 9.17) is 4.74 Å². The molecule has 0 radical (unpaired) electrons. The fourth-order valence-electron chi connectivity index (χ4n) is 1.93. The first-order valence-electron chi connectivity index (χ1n) is 4.85. The topological polar surface area (TPSA) is 9.23 Å². The molecule has 0 aromatic carbocycles. The van der Waals surface area contributed by atoms with Crippen LogP contribution < -0.4 is 0 Å². The molecule has 3 atom stereocenters. The van der Waals surface area contributed by atoms with E-state index in [1.54, 1.807) is 0 Å². The lowest BCUT2D eigenvalue weighted by Crippen LogP contribution is -2.29. The molecule has 66 valence electrons. The molecule has 0 amide bonds. The third-order valence-corrected chi connectivity index (χ3v) is 2.76. The summed E-state index contributed by atoms with van der Waals surface area (Å²) in [5.41, 5.74) is 0. The molecule has 1 nitrogen and oxygen atoms in total. The molecule has 0 aromatic rings. The van der Waals surface area contributed by atoms with Gasteiger partial charge in [-0.05, 0) is 31.6 Å². The number of rotatable bonds is 2. The first kappa shape index (κ1) is 9.05. The van der Waals surface area contributed by atoms with Crippen LogP contribution in [0.4, 0.5) is 0 Å². The van der Waals surface area contributed by atoms with E-state index < -0.39 is 0 Å². The van der Waals surface area contributed by atoms with E-state index in [2.05, 4.69) is 20.8 Å². The van der Waals surface area contributed by atoms with Crippen molar-refractivity contribution in [2.24, 2.45) is 11.8 Å². The molecule has 1 aliphatic rings. The van der Waals surface area contributed by atoms with E-state index in [0.717, 1.165) is 18.4 Å². The lowest BCUT2D eigenvalue weighted by Gasteiger charge is -2.32. The molecule has 1 rings (SSSR count). The number of hydrogen-bond donors (Lipinski definition) is 0. The van der Waals surface area contributed by atoms with Crippen molar-refractivity contribution in [3.8, 4) is 0 Å². The van der Waals surface area contributed by atoms with Gasteiger partial charge >= 0.3 is 0 Å². The summed E-state index contributed by atoms with van der Waals surface area (Å²) in [6.45, 7) is 7.61. The Morgan fingerprint density at radius 3 is 2.64 bits per heavy atom. The summed E-state index contributed by atoms with van der Waals surface area (Å²) in [5.74, 6) is 1.66. The van der Waals surface area contributed by atoms with E-state index in [-0.39, 0.29) is 0 Å². The van der Waals surface area contributed by atoms with Crippen LogP contribution in [0.25, 0.3) is 0 Å². The summed E-state index contributed by atoms with van der Waals surface area (Å²) in [6.07, 6.45) is 4.56. The lowest BCUT2D eigenvalue weighted by molar-refractivity contribution is -0.0116. The van der Waals surface area contributed by atoms with Crippen molar-refractivity contribution in [3.05, 3.63) is 0 Å². The second-order valence-electron chi connectivity index (χ2n) is 3.89. The van der Waals surface area contributed by atoms with E-state index in [1.165, 1.54) is 19.3 Å². The quantitative estimate of drug-likeness (QED) is 0.597. The van der Waals surface area contributed by atoms with Crippen LogP contribution in [-0.2, 0) is 4.74 Å². The van der Waals surface area contributed by atoms with Crippen LogP contribution in [0.2, 0.25) is 0 Å². The summed E-state index contributed by atoms with van der Waals surface area (Å²) in [6, 6.07) is 0. The van der Waals surface area contributed by atoms with Crippen LogP contribution in [0, 0.1) is 11.8 Å². The second kappa shape index (κ2) is 4.10. The Hall–Kier alpha value is -0.0400. The number of ether oxygens (including phenoxy) is 1. The van der Waals surface area contributed by atoms with Gasteiger partial charge in [0, 0.05) is 6.61 Å². The summed E-state index contributed by atoms with van der Waals surface area (Å²) in [5, 5.41) is 0. The maximum atomic E-state index is 5.67. The van der Waals surface area contributed by atoms with Crippen molar-refractivity contribution < 1.29 is 4.74 Å². The van der Waals surface area contributed by atoms with Gasteiger partial charge in [-0.15, -0.1) is 0 Å². The van der Waals surface area contributed by atoms with E-state index >= 15 is 0 Å². The Bertz CT molecular complexity index is 111. The van der Waals surface area contributed by atoms with Crippen LogP contribution in [0.5, 0.6) is 0 Å². The van der Waals surface area contributed by atoms with Crippen LogP contribution in [0.15, 0.2) is 0 Å². The molecule has 0 bridgehead atoms. The lowest BCUT2D eigenvalue weighted by atomic mass is 9.82. The second-order valence-corrected chi connectivity index (χ2v) is 3.89. The highest BCUT2D eigenvalue weighted by Gasteiger charge is 2.25. The SMILES string of the molecule is CCOC1CC(C)CCC1C. The zero-order valence-electron chi connectivity index (χ0n) is 7.97. The molecule has 3 unspecified atom stereocenters. The Labute approximate surface area is 70.1 Å². The average Bonchev–Trinajstić information content (AvgIpc) is 1.98. The average molecular weight is 156 g/mol. The maximum absolute atomic E-state index is 5.67. The van der Waals surface area contributed by atoms with Crippen LogP contribution in [0.3, 0.4) is 0 Å². The summed E-state index contributed by atoms with van der Waals surface area (Å²) in [4.78, 5) is 0. The maximum Gasteiger partial charge on any atom is 0.0603 e. The molecule has 1 saturated carbocycles. The van der Waals surface area contributed by atoms with Gasteiger partial charge in [-0.3, -0.25) is 0 Å². The van der Waals surface area contributed by atoms with Crippen LogP contribution >= 0.6 is 0 Å². The fraction of sp³-hybridized carbons (Fsp3) is 1.00.